The molecule has 0 fully saturated rings. The molecule has 0 saturated heterocycles. The number of hydrogen-bond donors (Lipinski definition) is 3. The highest BCUT2D eigenvalue weighted by atomic mass is 17.0. The predicted molar refractivity (Wildman–Crippen MR) is 30.7 cm³/mol. The Hall–Kier alpha value is -0.240. The molecule has 5 N–H and O–H groups in total. The quantitative estimate of drug-likeness (QED) is 0.140. The molecule has 0 aliphatic carbocycles. The van der Waals surface area contributed by atoms with Crippen molar-refractivity contribution >= 4 is 0 Å². The van der Waals surface area contributed by atoms with Crippen LogP contribution in [0.15, 0.2) is 0 Å². The van der Waals surface area contributed by atoms with E-state index in [1.54, 1.807) is 14.1 Å². The molecule has 0 aliphatic heterocycles. The highest BCUT2D eigenvalue weighted by Gasteiger charge is 2.06. The van der Waals surface area contributed by atoms with Crippen LogP contribution in [0.3, 0.4) is 0 Å². The van der Waals surface area contributed by atoms with Crippen LogP contribution >= 0.6 is 0 Å². The summed E-state index contributed by atoms with van der Waals surface area (Å²) in [6.07, 6.45) is 0. The minimum atomic E-state index is 0.191. The van der Waals surface area contributed by atoms with Gasteiger partial charge >= 0.3 is 0 Å². The highest BCUT2D eigenvalue weighted by Crippen LogP contribution is 1.81. The fourth-order valence-electron chi connectivity index (χ4n) is 0.227. The summed E-state index contributed by atoms with van der Waals surface area (Å²) in [6.45, 7) is 0.275. The molecular weight excluding hydrogens is 124 g/mol. The van der Waals surface area contributed by atoms with E-state index in [-0.39, 0.29) is 11.3 Å². The van der Waals surface area contributed by atoms with E-state index in [1.165, 1.54) is 0 Å². The van der Waals surface area contributed by atoms with Crippen LogP contribution in [0.1, 0.15) is 0 Å². The fourth-order valence-corrected chi connectivity index (χ4v) is 0.227. The first kappa shape index (κ1) is 8.76. The van der Waals surface area contributed by atoms with E-state index < -0.39 is 0 Å². The molecule has 0 aromatic rings. The Kier molecular flexibility index (Phi) is 3.62. The average Bonchev–Trinajstić information content (AvgIpc) is 1.63. The smallest absolute Gasteiger partial charge is 0.221 e. The summed E-state index contributed by atoms with van der Waals surface area (Å²) in [5, 5.41) is 0. The zero-order valence-corrected chi connectivity index (χ0v) is 5.63. The van der Waals surface area contributed by atoms with Gasteiger partial charge in [-0.25, -0.2) is 9.43 Å². The lowest BCUT2D eigenvalue weighted by molar-refractivity contribution is -0.924. The molecule has 0 aromatic heterocycles. The van der Waals surface area contributed by atoms with Gasteiger partial charge in [0.1, 0.15) is 0 Å². The van der Waals surface area contributed by atoms with Crippen LogP contribution in [0.4, 0.5) is 0 Å². The fraction of sp³-hybridized carbons (Fsp3) is 1.00. The lowest BCUT2D eigenvalue weighted by Gasteiger charge is -2.20. The van der Waals surface area contributed by atoms with Crippen molar-refractivity contribution in [1.29, 1.82) is 0 Å². The largest absolute Gasteiger partial charge is 0.230 e. The molecular formula is C3H13N4O2+. The molecule has 0 bridgehead atoms. The van der Waals surface area contributed by atoms with Gasteiger partial charge in [0, 0.05) is 0 Å². The Bertz CT molecular complexity index is 70.7. The molecule has 0 heterocycles. The Balaban J connectivity index is 3.07. The lowest BCUT2D eigenvalue weighted by Crippen LogP contribution is -2.49. The number of nitrogens with zero attached hydrogens (tertiary/aromatic N) is 1. The Morgan fingerprint density at radius 1 is 1.56 bits per heavy atom. The van der Waals surface area contributed by atoms with Crippen molar-refractivity contribution in [3.05, 3.63) is 0 Å². The van der Waals surface area contributed by atoms with Gasteiger partial charge in [0.15, 0.2) is 0 Å². The molecule has 0 aliphatic rings. The zero-order chi connectivity index (χ0) is 7.33. The number of hydrogen-bond acceptors (Lipinski definition) is 5. The Morgan fingerprint density at radius 2 is 2.11 bits per heavy atom. The van der Waals surface area contributed by atoms with Crippen molar-refractivity contribution < 1.29 is 14.4 Å². The van der Waals surface area contributed by atoms with Crippen molar-refractivity contribution in [3.8, 4) is 0 Å². The second-order valence-electron chi connectivity index (χ2n) is 2.25. The van der Waals surface area contributed by atoms with Crippen LogP contribution in [0.5, 0.6) is 0 Å². The maximum Gasteiger partial charge on any atom is 0.221 e. The monoisotopic (exact) mass is 137 g/mol. The van der Waals surface area contributed by atoms with Gasteiger partial charge in [0.25, 0.3) is 0 Å². The predicted octanol–water partition coefficient (Wildman–Crippen LogP) is -1.78. The number of nitrogens with two attached hydrogens (primary N) is 2. The third-order valence-corrected chi connectivity index (χ3v) is 0.504. The first-order chi connectivity index (χ1) is 4.06. The molecule has 6 nitrogen and oxygen atoms in total. The number of quaternary nitrogens is 1. The van der Waals surface area contributed by atoms with Crippen molar-refractivity contribution in [2.75, 3.05) is 20.8 Å². The molecule has 6 heteroatoms. The van der Waals surface area contributed by atoms with Gasteiger partial charge < -0.3 is 0 Å². The lowest BCUT2D eigenvalue weighted by atomic mass is 10.9. The van der Waals surface area contributed by atoms with Crippen molar-refractivity contribution in [2.24, 2.45) is 11.7 Å². The van der Waals surface area contributed by atoms with Crippen molar-refractivity contribution in [3.63, 3.8) is 0 Å². The summed E-state index contributed by atoms with van der Waals surface area (Å²) in [5.74, 6) is 10.0. The van der Waals surface area contributed by atoms with E-state index in [1.807, 2.05) is 5.64 Å². The summed E-state index contributed by atoms with van der Waals surface area (Å²) < 4.78 is 0.191. The maximum atomic E-state index is 5.45. The molecule has 0 spiro atoms. The molecule has 56 valence electrons. The van der Waals surface area contributed by atoms with Crippen LogP contribution in [-0.4, -0.2) is 25.4 Å². The van der Waals surface area contributed by atoms with E-state index >= 15 is 0 Å². The van der Waals surface area contributed by atoms with Crippen LogP contribution in [0.25, 0.3) is 0 Å². The van der Waals surface area contributed by atoms with Crippen LogP contribution in [-0.2, 0) is 9.78 Å². The zero-order valence-electron chi connectivity index (χ0n) is 5.63. The van der Waals surface area contributed by atoms with Crippen LogP contribution < -0.4 is 17.4 Å². The minimum absolute atomic E-state index is 0.191. The van der Waals surface area contributed by atoms with Crippen molar-refractivity contribution in [1.82, 2.24) is 5.64 Å². The van der Waals surface area contributed by atoms with E-state index in [4.69, 9.17) is 5.84 Å². The number of rotatable bonds is 4. The SMILES string of the molecule is C[N+](C)(N)CONON. The second kappa shape index (κ2) is 3.72. The van der Waals surface area contributed by atoms with E-state index in [0.29, 0.717) is 0 Å². The third-order valence-electron chi connectivity index (χ3n) is 0.504. The van der Waals surface area contributed by atoms with Crippen LogP contribution in [0, 0.1) is 0 Å². The van der Waals surface area contributed by atoms with E-state index in [9.17, 15) is 0 Å². The molecule has 0 aromatic carbocycles. The van der Waals surface area contributed by atoms with Gasteiger partial charge in [-0.05, 0) is 0 Å². The summed E-state index contributed by atoms with van der Waals surface area (Å²) >= 11 is 0. The van der Waals surface area contributed by atoms with Crippen LogP contribution in [0.2, 0.25) is 0 Å². The Labute approximate surface area is 53.7 Å². The molecule has 0 radical (unpaired) electrons. The first-order valence-corrected chi connectivity index (χ1v) is 2.40. The Morgan fingerprint density at radius 3 is 2.44 bits per heavy atom. The summed E-state index contributed by atoms with van der Waals surface area (Å²) in [4.78, 5) is 8.50. The topological polar surface area (TPSA) is 82.5 Å². The van der Waals surface area contributed by atoms with Gasteiger partial charge in [-0.15, -0.1) is 0 Å². The molecule has 0 atom stereocenters. The molecule has 0 saturated carbocycles. The minimum Gasteiger partial charge on any atom is -0.230 e. The standard InChI is InChI=1S/C3H13N4O2/c1-7(2,4)3-8-6-9-5/h6H,3-5H2,1-2H3/q+1. The molecule has 0 unspecified atom stereocenters. The average molecular weight is 137 g/mol. The molecule has 0 rings (SSSR count). The van der Waals surface area contributed by atoms with Gasteiger partial charge in [-0.2, -0.15) is 16.7 Å². The van der Waals surface area contributed by atoms with E-state index in [2.05, 4.69) is 15.7 Å². The van der Waals surface area contributed by atoms with Gasteiger partial charge in [-0.3, -0.25) is 0 Å². The van der Waals surface area contributed by atoms with Gasteiger partial charge in [-0.1, -0.05) is 5.64 Å². The summed E-state index contributed by atoms with van der Waals surface area (Å²) in [6, 6.07) is 0. The molecule has 0 amide bonds. The van der Waals surface area contributed by atoms with Crippen molar-refractivity contribution in [2.45, 2.75) is 0 Å². The maximum absolute atomic E-state index is 5.45. The summed E-state index contributed by atoms with van der Waals surface area (Å²) in [5.41, 5.74) is 1.99. The second-order valence-corrected chi connectivity index (χ2v) is 2.25. The highest BCUT2D eigenvalue weighted by molar-refractivity contribution is 3.95. The van der Waals surface area contributed by atoms with Gasteiger partial charge in [0.2, 0.25) is 6.73 Å². The third kappa shape index (κ3) is 7.76. The summed E-state index contributed by atoms with van der Waals surface area (Å²) in [7, 11) is 3.52. The molecule has 9 heavy (non-hydrogen) atoms. The number of nitrogens with one attached hydrogen (secondary N) is 1. The van der Waals surface area contributed by atoms with E-state index in [0.717, 1.165) is 0 Å². The van der Waals surface area contributed by atoms with Gasteiger partial charge in [0.05, 0.1) is 14.1 Å². The normalized spacial score (nSPS) is 12.0. The first-order valence-electron chi connectivity index (χ1n) is 2.40.